The molecule has 0 aliphatic carbocycles. The van der Waals surface area contributed by atoms with Crippen LogP contribution in [0, 0.1) is 0 Å². The largest absolute Gasteiger partial charge is 0.478 e. The van der Waals surface area contributed by atoms with Crippen molar-refractivity contribution >= 4 is 34.9 Å². The number of carbonyl (C=O) groups is 1. The van der Waals surface area contributed by atoms with Crippen LogP contribution < -0.4 is 11.1 Å². The number of nitrogen functional groups attached to an aromatic ring is 1. The highest BCUT2D eigenvalue weighted by atomic mass is 35.5. The van der Waals surface area contributed by atoms with Gasteiger partial charge < -0.3 is 16.2 Å². The van der Waals surface area contributed by atoms with Gasteiger partial charge in [0.1, 0.15) is 5.56 Å². The molecule has 7 heteroatoms. The van der Waals surface area contributed by atoms with Crippen LogP contribution in [0.4, 0.5) is 17.3 Å². The Balaban J connectivity index is 2.27. The van der Waals surface area contributed by atoms with E-state index < -0.39 is 5.97 Å². The number of rotatable bonds is 3. The topological polar surface area (TPSA) is 101 Å². The summed E-state index contributed by atoms with van der Waals surface area (Å²) in [7, 11) is 0. The molecule has 4 N–H and O–H groups in total. The Kier molecular flexibility index (Phi) is 3.29. The monoisotopic (exact) mass is 264 g/mol. The summed E-state index contributed by atoms with van der Waals surface area (Å²) in [6.07, 6.45) is 0. The third kappa shape index (κ3) is 2.67. The Hall–Kier alpha value is -2.34. The molecule has 92 valence electrons. The lowest BCUT2D eigenvalue weighted by Gasteiger charge is -2.06. The summed E-state index contributed by atoms with van der Waals surface area (Å²) in [4.78, 5) is 10.9. The minimum atomic E-state index is -1.15. The van der Waals surface area contributed by atoms with E-state index in [-0.39, 0.29) is 11.4 Å². The number of aromatic carboxylic acids is 1. The van der Waals surface area contributed by atoms with Crippen molar-refractivity contribution in [3.05, 3.63) is 40.9 Å². The van der Waals surface area contributed by atoms with Gasteiger partial charge in [-0.15, -0.1) is 10.2 Å². The average Bonchev–Trinajstić information content (AvgIpc) is 2.34. The van der Waals surface area contributed by atoms with Gasteiger partial charge in [-0.05, 0) is 24.3 Å². The van der Waals surface area contributed by atoms with Gasteiger partial charge >= 0.3 is 5.97 Å². The molecule has 0 amide bonds. The molecule has 0 saturated heterocycles. The number of aromatic nitrogens is 2. The lowest BCUT2D eigenvalue weighted by molar-refractivity contribution is 0.0697. The molecule has 2 aromatic rings. The van der Waals surface area contributed by atoms with E-state index in [1.54, 1.807) is 24.3 Å². The van der Waals surface area contributed by atoms with E-state index in [4.69, 9.17) is 22.4 Å². The van der Waals surface area contributed by atoms with Crippen molar-refractivity contribution in [2.24, 2.45) is 0 Å². The number of nitrogens with zero attached hydrogens (tertiary/aromatic N) is 2. The van der Waals surface area contributed by atoms with Crippen molar-refractivity contribution < 1.29 is 9.90 Å². The number of hydrogen-bond acceptors (Lipinski definition) is 5. The van der Waals surface area contributed by atoms with Gasteiger partial charge in [-0.25, -0.2) is 4.79 Å². The molecule has 0 unspecified atom stereocenters. The summed E-state index contributed by atoms with van der Waals surface area (Å²) in [6.45, 7) is 0. The molecule has 0 aliphatic heterocycles. The third-order valence-corrected chi connectivity index (χ3v) is 2.42. The van der Waals surface area contributed by atoms with Gasteiger partial charge in [0, 0.05) is 16.8 Å². The van der Waals surface area contributed by atoms with Crippen molar-refractivity contribution in [1.82, 2.24) is 10.2 Å². The number of carboxylic acid groups (broad SMARTS) is 1. The Morgan fingerprint density at radius 2 is 1.94 bits per heavy atom. The van der Waals surface area contributed by atoms with Crippen LogP contribution >= 0.6 is 11.6 Å². The SMILES string of the molecule is Nc1nnc(Nc2ccc(Cl)cc2)cc1C(=O)O. The number of nitrogens with one attached hydrogen (secondary N) is 1. The van der Waals surface area contributed by atoms with Gasteiger partial charge in [-0.2, -0.15) is 0 Å². The fourth-order valence-electron chi connectivity index (χ4n) is 1.31. The molecule has 0 aliphatic rings. The Morgan fingerprint density at radius 3 is 2.56 bits per heavy atom. The first-order valence-corrected chi connectivity index (χ1v) is 5.33. The van der Waals surface area contributed by atoms with Crippen molar-refractivity contribution in [2.75, 3.05) is 11.1 Å². The van der Waals surface area contributed by atoms with Gasteiger partial charge in [0.05, 0.1) is 0 Å². The maximum Gasteiger partial charge on any atom is 0.339 e. The summed E-state index contributed by atoms with van der Waals surface area (Å²) in [5.74, 6) is -0.977. The van der Waals surface area contributed by atoms with Crippen molar-refractivity contribution in [2.45, 2.75) is 0 Å². The minimum Gasteiger partial charge on any atom is -0.478 e. The molecule has 2 rings (SSSR count). The van der Waals surface area contributed by atoms with E-state index >= 15 is 0 Å². The number of hydrogen-bond donors (Lipinski definition) is 3. The van der Waals surface area contributed by atoms with E-state index in [1.807, 2.05) is 0 Å². The van der Waals surface area contributed by atoms with Gasteiger partial charge in [0.25, 0.3) is 0 Å². The predicted molar refractivity (Wildman–Crippen MR) is 68.1 cm³/mol. The average molecular weight is 265 g/mol. The maximum absolute atomic E-state index is 10.9. The molecular weight excluding hydrogens is 256 g/mol. The summed E-state index contributed by atoms with van der Waals surface area (Å²) in [6, 6.07) is 8.19. The molecule has 1 aromatic heterocycles. The molecule has 0 fully saturated rings. The first-order valence-electron chi connectivity index (χ1n) is 4.95. The van der Waals surface area contributed by atoms with Crippen LogP contribution in [0.2, 0.25) is 5.02 Å². The summed E-state index contributed by atoms with van der Waals surface area (Å²) in [5, 5.41) is 19.7. The van der Waals surface area contributed by atoms with Crippen LogP contribution in [-0.4, -0.2) is 21.3 Å². The van der Waals surface area contributed by atoms with E-state index in [2.05, 4.69) is 15.5 Å². The zero-order valence-electron chi connectivity index (χ0n) is 9.09. The van der Waals surface area contributed by atoms with Crippen LogP contribution in [0.15, 0.2) is 30.3 Å². The standard InChI is InChI=1S/C11H9ClN4O2/c12-6-1-3-7(4-2-6)14-9-5-8(11(17)18)10(13)16-15-9/h1-5H,(H2,13,16)(H,14,15)(H,17,18). The van der Waals surface area contributed by atoms with E-state index in [0.29, 0.717) is 10.8 Å². The third-order valence-electron chi connectivity index (χ3n) is 2.17. The molecule has 0 saturated carbocycles. The fraction of sp³-hybridized carbons (Fsp3) is 0. The molecule has 6 nitrogen and oxygen atoms in total. The number of benzene rings is 1. The minimum absolute atomic E-state index is 0.0959. The number of nitrogens with two attached hydrogens (primary N) is 1. The fourth-order valence-corrected chi connectivity index (χ4v) is 1.44. The van der Waals surface area contributed by atoms with Crippen LogP contribution in [0.1, 0.15) is 10.4 Å². The molecule has 0 spiro atoms. The molecular formula is C11H9ClN4O2. The second-order valence-corrected chi connectivity index (χ2v) is 3.90. The molecule has 0 radical (unpaired) electrons. The number of carboxylic acids is 1. The van der Waals surface area contributed by atoms with Crippen LogP contribution in [-0.2, 0) is 0 Å². The highest BCUT2D eigenvalue weighted by Gasteiger charge is 2.11. The van der Waals surface area contributed by atoms with Crippen molar-refractivity contribution in [1.29, 1.82) is 0 Å². The van der Waals surface area contributed by atoms with Crippen molar-refractivity contribution in [3.63, 3.8) is 0 Å². The first kappa shape index (κ1) is 12.1. The zero-order chi connectivity index (χ0) is 13.1. The lowest BCUT2D eigenvalue weighted by atomic mass is 10.2. The normalized spacial score (nSPS) is 10.1. The van der Waals surface area contributed by atoms with Gasteiger partial charge in [-0.3, -0.25) is 0 Å². The molecule has 0 bridgehead atoms. The number of halogens is 1. The molecule has 1 heterocycles. The van der Waals surface area contributed by atoms with Crippen LogP contribution in [0.25, 0.3) is 0 Å². The quantitative estimate of drug-likeness (QED) is 0.785. The van der Waals surface area contributed by atoms with Gasteiger partial charge in [0.2, 0.25) is 0 Å². The van der Waals surface area contributed by atoms with Crippen LogP contribution in [0.5, 0.6) is 0 Å². The summed E-state index contributed by atoms with van der Waals surface area (Å²) < 4.78 is 0. The number of anilines is 3. The molecule has 1 aromatic carbocycles. The van der Waals surface area contributed by atoms with Gasteiger partial charge in [0.15, 0.2) is 11.6 Å². The van der Waals surface area contributed by atoms with E-state index in [0.717, 1.165) is 5.69 Å². The first-order chi connectivity index (χ1) is 8.56. The summed E-state index contributed by atoms with van der Waals surface area (Å²) >= 11 is 5.75. The Morgan fingerprint density at radius 1 is 1.28 bits per heavy atom. The Labute approximate surface area is 107 Å². The molecule has 18 heavy (non-hydrogen) atoms. The van der Waals surface area contributed by atoms with E-state index in [9.17, 15) is 4.79 Å². The Bertz CT molecular complexity index is 586. The second-order valence-electron chi connectivity index (χ2n) is 3.47. The maximum atomic E-state index is 10.9. The summed E-state index contributed by atoms with van der Waals surface area (Å²) in [5.41, 5.74) is 6.03. The predicted octanol–water partition coefficient (Wildman–Crippen LogP) is 2.15. The smallest absolute Gasteiger partial charge is 0.339 e. The highest BCUT2D eigenvalue weighted by molar-refractivity contribution is 6.30. The van der Waals surface area contributed by atoms with E-state index in [1.165, 1.54) is 6.07 Å². The molecule has 0 atom stereocenters. The zero-order valence-corrected chi connectivity index (χ0v) is 9.85. The van der Waals surface area contributed by atoms with Gasteiger partial charge in [-0.1, -0.05) is 11.6 Å². The lowest BCUT2D eigenvalue weighted by Crippen LogP contribution is -2.07. The van der Waals surface area contributed by atoms with Crippen molar-refractivity contribution in [3.8, 4) is 0 Å². The van der Waals surface area contributed by atoms with Crippen LogP contribution in [0.3, 0.4) is 0 Å². The second kappa shape index (κ2) is 4.89. The highest BCUT2D eigenvalue weighted by Crippen LogP contribution is 2.19.